The molecule has 5 nitrogen and oxygen atoms in total. The van der Waals surface area contributed by atoms with E-state index in [9.17, 15) is 17.8 Å². The molecule has 0 saturated carbocycles. The van der Waals surface area contributed by atoms with E-state index < -0.39 is 10.3 Å². The molecule has 0 bridgehead atoms. The van der Waals surface area contributed by atoms with Crippen LogP contribution in [-0.4, -0.2) is 18.8 Å². The van der Waals surface area contributed by atoms with E-state index in [0.29, 0.717) is 0 Å². The summed E-state index contributed by atoms with van der Waals surface area (Å²) in [5.41, 5.74) is 0.182. The van der Waals surface area contributed by atoms with Gasteiger partial charge in [0.25, 0.3) is 0 Å². The molecule has 0 aliphatic carbocycles. The summed E-state index contributed by atoms with van der Waals surface area (Å²) in [5.74, 6) is -0.309. The summed E-state index contributed by atoms with van der Waals surface area (Å²) >= 11 is 0. The number of carbonyl (C=O) groups excluding carboxylic acids is 1. The summed E-state index contributed by atoms with van der Waals surface area (Å²) in [5, 5.41) is 0. The first kappa shape index (κ1) is 14.6. The van der Waals surface area contributed by atoms with Gasteiger partial charge in [-0.25, -0.2) is 8.42 Å². The van der Waals surface area contributed by atoms with Crippen LogP contribution in [-0.2, 0) is 10.3 Å². The Balaban J connectivity index is 0.00000196. The van der Waals surface area contributed by atoms with Crippen LogP contribution in [0, 0.1) is 0 Å². The average molecular weight is 237 g/mol. The fourth-order valence-electron chi connectivity index (χ4n) is 1.01. The molecule has 1 rings (SSSR count). The van der Waals surface area contributed by atoms with E-state index in [1.807, 2.05) is 0 Å². The second kappa shape index (κ2) is 5.62. The molecule has 15 heavy (non-hydrogen) atoms. The van der Waals surface area contributed by atoms with Crippen LogP contribution in [0.5, 0.6) is 0 Å². The van der Waals surface area contributed by atoms with E-state index in [1.54, 1.807) is 10.8 Å². The van der Waals surface area contributed by atoms with Gasteiger partial charge in [-0.3, -0.25) is 9.52 Å². The van der Waals surface area contributed by atoms with E-state index in [0.717, 1.165) is 0 Å². The number of para-hydroxylation sites is 1. The minimum Gasteiger partial charge on any atom is -0.731 e. The first-order valence-electron chi connectivity index (χ1n) is 3.74. The Morgan fingerprint density at radius 3 is 2.33 bits per heavy atom. The maximum atomic E-state index is 11.0. The smallest absolute Gasteiger partial charge is 0.731 e. The van der Waals surface area contributed by atoms with Crippen molar-refractivity contribution in [3.05, 3.63) is 29.8 Å². The maximum Gasteiger partial charge on any atom is 1.00 e. The van der Waals surface area contributed by atoms with Crippen molar-refractivity contribution in [3.8, 4) is 0 Å². The Hall–Kier alpha value is -0.400. The van der Waals surface area contributed by atoms with Crippen molar-refractivity contribution in [1.82, 2.24) is 0 Å². The Bertz CT molecular complexity index is 457. The third kappa shape index (κ3) is 4.76. The van der Waals surface area contributed by atoms with Crippen molar-refractivity contribution < 1.29 is 47.3 Å². The van der Waals surface area contributed by atoms with E-state index in [4.69, 9.17) is 0 Å². The summed E-state index contributed by atoms with van der Waals surface area (Å²) in [7, 11) is -4.59. The first-order chi connectivity index (χ1) is 6.40. The van der Waals surface area contributed by atoms with Gasteiger partial charge >= 0.3 is 29.6 Å². The molecule has 1 aromatic carbocycles. The summed E-state index contributed by atoms with van der Waals surface area (Å²) in [6.45, 7) is 1.29. The molecule has 0 spiro atoms. The van der Waals surface area contributed by atoms with Crippen LogP contribution in [0.2, 0.25) is 0 Å². The van der Waals surface area contributed by atoms with Gasteiger partial charge in [0, 0.05) is 5.56 Å². The molecular weight excluding hydrogens is 229 g/mol. The Kier molecular flexibility index (Phi) is 5.47. The van der Waals surface area contributed by atoms with Crippen LogP contribution in [0.4, 0.5) is 5.69 Å². The second-order valence-corrected chi connectivity index (χ2v) is 3.77. The molecule has 0 aromatic heterocycles. The van der Waals surface area contributed by atoms with Crippen LogP contribution in [0.3, 0.4) is 0 Å². The number of anilines is 1. The topological polar surface area (TPSA) is 86.3 Å². The van der Waals surface area contributed by atoms with Crippen molar-refractivity contribution in [2.45, 2.75) is 6.92 Å². The predicted octanol–water partition coefficient (Wildman–Crippen LogP) is -2.23. The zero-order valence-corrected chi connectivity index (χ0v) is 11.2. The van der Waals surface area contributed by atoms with Crippen LogP contribution in [0.1, 0.15) is 17.3 Å². The fourth-order valence-corrected chi connectivity index (χ4v) is 1.46. The standard InChI is InChI=1S/C8H9NO4S.Na/c1-6(10)7-4-2-3-5-8(7)9-14(11,12)13;/h2-5,9H,1H3,(H,11,12,13);/q;+1/p-1. The second-order valence-electron chi connectivity index (χ2n) is 2.66. The van der Waals surface area contributed by atoms with Crippen molar-refractivity contribution in [2.75, 3.05) is 4.72 Å². The molecule has 0 aliphatic heterocycles. The molecule has 76 valence electrons. The zero-order valence-electron chi connectivity index (χ0n) is 8.35. The Morgan fingerprint density at radius 2 is 1.87 bits per heavy atom. The van der Waals surface area contributed by atoms with Gasteiger partial charge in [-0.1, -0.05) is 12.1 Å². The van der Waals surface area contributed by atoms with Crippen LogP contribution in [0.15, 0.2) is 24.3 Å². The van der Waals surface area contributed by atoms with Gasteiger partial charge < -0.3 is 4.55 Å². The third-order valence-electron chi connectivity index (χ3n) is 1.54. The normalized spacial score (nSPS) is 10.3. The largest absolute Gasteiger partial charge is 1.00 e. The molecule has 1 aromatic rings. The molecule has 0 fully saturated rings. The minimum absolute atomic E-state index is 0. The zero-order chi connectivity index (χ0) is 10.8. The monoisotopic (exact) mass is 237 g/mol. The predicted molar refractivity (Wildman–Crippen MR) is 49.8 cm³/mol. The van der Waals surface area contributed by atoms with E-state index >= 15 is 0 Å². The van der Waals surface area contributed by atoms with Crippen molar-refractivity contribution in [1.29, 1.82) is 0 Å². The van der Waals surface area contributed by atoms with E-state index in [1.165, 1.54) is 25.1 Å². The number of nitrogens with one attached hydrogen (secondary N) is 1. The van der Waals surface area contributed by atoms with Crippen LogP contribution < -0.4 is 34.3 Å². The van der Waals surface area contributed by atoms with E-state index in [-0.39, 0.29) is 46.6 Å². The van der Waals surface area contributed by atoms with Gasteiger partial charge in [-0.15, -0.1) is 0 Å². The number of Topliss-reactive ketones (excluding diaryl/α,β-unsaturated/α-hetero) is 1. The minimum atomic E-state index is -4.59. The molecule has 0 heterocycles. The average Bonchev–Trinajstić information content (AvgIpc) is 2.01. The van der Waals surface area contributed by atoms with Crippen molar-refractivity contribution in [2.24, 2.45) is 0 Å². The van der Waals surface area contributed by atoms with Crippen LogP contribution >= 0.6 is 0 Å². The quantitative estimate of drug-likeness (QED) is 0.366. The van der Waals surface area contributed by atoms with Gasteiger partial charge in [-0.05, 0) is 19.1 Å². The number of carbonyl (C=O) groups is 1. The molecule has 7 heteroatoms. The van der Waals surface area contributed by atoms with Crippen molar-refractivity contribution >= 4 is 21.8 Å². The molecule has 0 unspecified atom stereocenters. The Morgan fingerprint density at radius 1 is 1.33 bits per heavy atom. The molecule has 0 atom stereocenters. The summed E-state index contributed by atoms with van der Waals surface area (Å²) < 4.78 is 32.9. The number of hydrogen-bond donors (Lipinski definition) is 1. The molecule has 0 saturated heterocycles. The van der Waals surface area contributed by atoms with Gasteiger partial charge in [0.1, 0.15) is 0 Å². The molecule has 0 aliphatic rings. The number of hydrogen-bond acceptors (Lipinski definition) is 4. The third-order valence-corrected chi connectivity index (χ3v) is 2.01. The summed E-state index contributed by atoms with van der Waals surface area (Å²) in [6, 6.07) is 5.90. The Labute approximate surface area is 110 Å². The van der Waals surface area contributed by atoms with E-state index in [2.05, 4.69) is 0 Å². The summed E-state index contributed by atoms with van der Waals surface area (Å²) in [6.07, 6.45) is 0. The molecule has 0 radical (unpaired) electrons. The maximum absolute atomic E-state index is 11.0. The number of benzene rings is 1. The SMILES string of the molecule is CC(=O)c1ccccc1NS(=O)(=O)[O-].[Na+]. The summed E-state index contributed by atoms with van der Waals surface area (Å²) in [4.78, 5) is 11.0. The van der Waals surface area contributed by atoms with Gasteiger partial charge in [0.05, 0.1) is 5.69 Å². The number of ketones is 1. The van der Waals surface area contributed by atoms with Crippen molar-refractivity contribution in [3.63, 3.8) is 0 Å². The van der Waals surface area contributed by atoms with Gasteiger partial charge in [-0.2, -0.15) is 0 Å². The molecule has 0 amide bonds. The molecule has 1 N–H and O–H groups in total. The fraction of sp³-hybridized carbons (Fsp3) is 0.125. The number of rotatable bonds is 3. The van der Waals surface area contributed by atoms with Gasteiger partial charge in [0.15, 0.2) is 16.1 Å². The van der Waals surface area contributed by atoms with Crippen LogP contribution in [0.25, 0.3) is 0 Å². The first-order valence-corrected chi connectivity index (χ1v) is 5.14. The van der Waals surface area contributed by atoms with Gasteiger partial charge in [0.2, 0.25) is 0 Å². The molecular formula is C8H8NNaO4S.